The zero-order valence-electron chi connectivity index (χ0n) is 17.9. The molecular formula is C25H22FNO5. The molecule has 32 heavy (non-hydrogen) atoms. The van der Waals surface area contributed by atoms with Crippen molar-refractivity contribution in [1.82, 2.24) is 4.57 Å². The van der Waals surface area contributed by atoms with Crippen LogP contribution in [0.3, 0.4) is 0 Å². The van der Waals surface area contributed by atoms with Crippen LogP contribution < -0.4 is 4.74 Å². The summed E-state index contributed by atoms with van der Waals surface area (Å²) in [5, 5.41) is 0.841. The minimum Gasteiger partial charge on any atom is -0.493 e. The third-order valence-corrected chi connectivity index (χ3v) is 5.53. The first-order valence-electron chi connectivity index (χ1n) is 10.4. The molecule has 2 atom stereocenters. The number of aromatic nitrogens is 1. The van der Waals surface area contributed by atoms with Crippen molar-refractivity contribution in [3.05, 3.63) is 77.4 Å². The third kappa shape index (κ3) is 3.43. The lowest BCUT2D eigenvalue weighted by molar-refractivity contribution is 0.0531. The van der Waals surface area contributed by atoms with Gasteiger partial charge in [0.15, 0.2) is 5.78 Å². The van der Waals surface area contributed by atoms with Gasteiger partial charge in [0.2, 0.25) is 0 Å². The van der Waals surface area contributed by atoms with E-state index in [4.69, 9.17) is 14.2 Å². The Bertz CT molecular complexity index is 1280. The van der Waals surface area contributed by atoms with Crippen LogP contribution in [-0.4, -0.2) is 28.1 Å². The Morgan fingerprint density at radius 3 is 2.72 bits per heavy atom. The number of benzene rings is 2. The molecule has 6 nitrogen and oxygen atoms in total. The first-order valence-corrected chi connectivity index (χ1v) is 10.4. The van der Waals surface area contributed by atoms with E-state index in [9.17, 15) is 14.0 Å². The molecule has 0 amide bonds. The highest BCUT2D eigenvalue weighted by Gasteiger charge is 2.38. The molecule has 0 spiro atoms. The van der Waals surface area contributed by atoms with Crippen LogP contribution in [0.5, 0.6) is 5.75 Å². The van der Waals surface area contributed by atoms with E-state index in [0.717, 1.165) is 10.9 Å². The van der Waals surface area contributed by atoms with Crippen molar-refractivity contribution in [3.63, 3.8) is 0 Å². The number of halogens is 1. The second kappa shape index (κ2) is 7.22. The highest BCUT2D eigenvalue weighted by molar-refractivity contribution is 6.12. The average Bonchev–Trinajstić information content (AvgIpc) is 3.12. The fourth-order valence-electron chi connectivity index (χ4n) is 4.13. The van der Waals surface area contributed by atoms with E-state index in [0.29, 0.717) is 23.1 Å². The summed E-state index contributed by atoms with van der Waals surface area (Å²) < 4.78 is 32.6. The van der Waals surface area contributed by atoms with Crippen LogP contribution in [-0.2, 0) is 9.47 Å². The molecule has 0 saturated carbocycles. The number of para-hydroxylation sites is 1. The molecule has 0 radical (unpaired) electrons. The van der Waals surface area contributed by atoms with Gasteiger partial charge < -0.3 is 14.2 Å². The van der Waals surface area contributed by atoms with Gasteiger partial charge in [-0.25, -0.2) is 9.18 Å². The molecule has 5 rings (SSSR count). The number of carbonyl (C=O) groups excluding carboxylic acids is 2. The zero-order valence-corrected chi connectivity index (χ0v) is 17.9. The minimum atomic E-state index is -0.638. The van der Waals surface area contributed by atoms with Gasteiger partial charge in [0.1, 0.15) is 29.4 Å². The highest BCUT2D eigenvalue weighted by atomic mass is 19.1. The zero-order chi connectivity index (χ0) is 22.6. The van der Waals surface area contributed by atoms with Gasteiger partial charge in [0.25, 0.3) is 0 Å². The number of Topliss-reactive ketones (excluding diaryl/α,β-unsaturated/α-hetero) is 1. The summed E-state index contributed by atoms with van der Waals surface area (Å²) in [5.41, 5.74) is 1.56. The first-order chi connectivity index (χ1) is 15.2. The summed E-state index contributed by atoms with van der Waals surface area (Å²) in [5.74, 6) is -0.465. The quantitative estimate of drug-likeness (QED) is 0.501. The van der Waals surface area contributed by atoms with Crippen molar-refractivity contribution in [3.8, 4) is 5.75 Å². The Morgan fingerprint density at radius 2 is 1.94 bits per heavy atom. The lowest BCUT2D eigenvalue weighted by Gasteiger charge is -2.33. The Hall–Kier alpha value is -3.61. The van der Waals surface area contributed by atoms with Crippen LogP contribution in [0.2, 0.25) is 0 Å². The van der Waals surface area contributed by atoms with E-state index in [1.54, 1.807) is 6.20 Å². The molecular weight excluding hydrogens is 413 g/mol. The van der Waals surface area contributed by atoms with E-state index >= 15 is 0 Å². The normalized spacial score (nSPS) is 20.0. The summed E-state index contributed by atoms with van der Waals surface area (Å²) in [7, 11) is 0. The van der Waals surface area contributed by atoms with Gasteiger partial charge >= 0.3 is 6.09 Å². The largest absolute Gasteiger partial charge is 0.493 e. The van der Waals surface area contributed by atoms with Gasteiger partial charge in [-0.3, -0.25) is 9.36 Å². The van der Waals surface area contributed by atoms with Crippen molar-refractivity contribution >= 4 is 22.8 Å². The van der Waals surface area contributed by atoms with Gasteiger partial charge in [0.05, 0.1) is 22.9 Å². The van der Waals surface area contributed by atoms with Crippen LogP contribution in [0, 0.1) is 5.82 Å². The minimum absolute atomic E-state index is 0.231. The van der Waals surface area contributed by atoms with Crippen molar-refractivity contribution in [2.45, 2.75) is 45.0 Å². The molecule has 0 N–H and O–H groups in total. The molecule has 0 aliphatic carbocycles. The van der Waals surface area contributed by atoms with Crippen LogP contribution in [0.4, 0.5) is 9.18 Å². The molecule has 0 fully saturated rings. The maximum absolute atomic E-state index is 13.7. The summed E-state index contributed by atoms with van der Waals surface area (Å²) in [4.78, 5) is 25.6. The Kier molecular flexibility index (Phi) is 4.58. The SMILES string of the molecule is CC(C)(C)OC(=O)n1cc([C@H]2C[C@H]3Oc4cc(F)ccc4C(=O)C3=CO2)c2ccccc21. The van der Waals surface area contributed by atoms with Crippen LogP contribution in [0.25, 0.3) is 10.9 Å². The van der Waals surface area contributed by atoms with Crippen molar-refractivity contribution in [2.24, 2.45) is 0 Å². The second-order valence-electron chi connectivity index (χ2n) is 8.96. The highest BCUT2D eigenvalue weighted by Crippen LogP contribution is 2.41. The van der Waals surface area contributed by atoms with E-state index in [1.165, 1.54) is 29.0 Å². The predicted octanol–water partition coefficient (Wildman–Crippen LogP) is 5.55. The van der Waals surface area contributed by atoms with Gasteiger partial charge in [0, 0.05) is 29.6 Å². The average molecular weight is 435 g/mol. The fraction of sp³-hybridized carbons (Fsp3) is 0.280. The van der Waals surface area contributed by atoms with E-state index in [2.05, 4.69) is 0 Å². The molecule has 3 heterocycles. The second-order valence-corrected chi connectivity index (χ2v) is 8.96. The van der Waals surface area contributed by atoms with Gasteiger partial charge in [-0.1, -0.05) is 18.2 Å². The number of rotatable bonds is 1. The number of ketones is 1. The molecule has 0 unspecified atom stereocenters. The van der Waals surface area contributed by atoms with Gasteiger partial charge in [-0.05, 0) is 39.0 Å². The number of hydrogen-bond donors (Lipinski definition) is 0. The molecule has 7 heteroatoms. The number of nitrogens with zero attached hydrogens (tertiary/aromatic N) is 1. The molecule has 0 saturated heterocycles. The van der Waals surface area contributed by atoms with Crippen LogP contribution >= 0.6 is 0 Å². The van der Waals surface area contributed by atoms with Crippen LogP contribution in [0.1, 0.15) is 49.2 Å². The lowest BCUT2D eigenvalue weighted by Crippen LogP contribution is -2.34. The Balaban J connectivity index is 1.50. The fourth-order valence-corrected chi connectivity index (χ4v) is 4.13. The van der Waals surface area contributed by atoms with Gasteiger partial charge in [-0.15, -0.1) is 0 Å². The third-order valence-electron chi connectivity index (χ3n) is 5.53. The summed E-state index contributed by atoms with van der Waals surface area (Å²) in [6.07, 6.45) is 1.96. The molecule has 1 aromatic heterocycles. The summed E-state index contributed by atoms with van der Waals surface area (Å²) in [6, 6.07) is 11.4. The Labute approximate surface area is 184 Å². The van der Waals surface area contributed by atoms with Gasteiger partial charge in [-0.2, -0.15) is 0 Å². The smallest absolute Gasteiger partial charge is 0.419 e. The van der Waals surface area contributed by atoms with Crippen molar-refractivity contribution in [1.29, 1.82) is 0 Å². The molecule has 2 aromatic carbocycles. The van der Waals surface area contributed by atoms with E-state index in [-0.39, 0.29) is 11.5 Å². The first kappa shape index (κ1) is 20.3. The van der Waals surface area contributed by atoms with E-state index in [1.807, 2.05) is 45.0 Å². The lowest BCUT2D eigenvalue weighted by atomic mass is 9.89. The number of carbonyl (C=O) groups is 2. The summed E-state index contributed by atoms with van der Waals surface area (Å²) >= 11 is 0. The van der Waals surface area contributed by atoms with Crippen molar-refractivity contribution in [2.75, 3.05) is 0 Å². The molecule has 0 bridgehead atoms. The molecule has 3 aromatic rings. The topological polar surface area (TPSA) is 66.8 Å². The van der Waals surface area contributed by atoms with E-state index < -0.39 is 29.7 Å². The van der Waals surface area contributed by atoms with Crippen molar-refractivity contribution < 1.29 is 28.2 Å². The Morgan fingerprint density at radius 1 is 1.16 bits per heavy atom. The summed E-state index contributed by atoms with van der Waals surface area (Å²) in [6.45, 7) is 5.44. The predicted molar refractivity (Wildman–Crippen MR) is 115 cm³/mol. The number of fused-ring (bicyclic) bond motifs is 3. The molecule has 164 valence electrons. The molecule has 2 aliphatic rings. The maximum Gasteiger partial charge on any atom is 0.419 e. The maximum atomic E-state index is 13.7. The number of hydrogen-bond acceptors (Lipinski definition) is 5. The number of ether oxygens (including phenoxy) is 3. The standard InChI is InChI=1S/C25H22FNO5/c1-25(2,3)32-24(29)27-12-17(15-6-4-5-7-19(15)27)20-11-22-18(13-30-20)23(28)16-9-8-14(26)10-21(16)31-22/h4-10,12-13,20,22H,11H2,1-3H3/t20-,22-/m1/s1. The van der Waals surface area contributed by atoms with Crippen LogP contribution in [0.15, 0.2) is 60.5 Å². The monoisotopic (exact) mass is 435 g/mol. The molecule has 2 aliphatic heterocycles.